The van der Waals surface area contributed by atoms with Gasteiger partial charge in [0.2, 0.25) is 5.91 Å². The minimum atomic E-state index is -0.457. The molecule has 5 nitrogen and oxygen atoms in total. The fraction of sp³-hybridized carbons (Fsp3) is 0.562. The van der Waals surface area contributed by atoms with Crippen LogP contribution in [0.4, 0.5) is 11.4 Å². The average Bonchev–Trinajstić information content (AvgIpc) is 2.87. The predicted molar refractivity (Wildman–Crippen MR) is 88.0 cm³/mol. The minimum absolute atomic E-state index is 0.0187. The smallest absolute Gasteiger partial charge is 0.271 e. The minimum Gasteiger partial charge on any atom is -0.325 e. The van der Waals surface area contributed by atoms with Crippen molar-refractivity contribution < 1.29 is 9.72 Å². The van der Waals surface area contributed by atoms with E-state index in [-0.39, 0.29) is 27.3 Å². The van der Waals surface area contributed by atoms with Crippen molar-refractivity contribution in [3.8, 4) is 0 Å². The Labute approximate surface area is 137 Å². The lowest BCUT2D eigenvalue weighted by atomic mass is 9.43. The van der Waals surface area contributed by atoms with Gasteiger partial charge in [0.25, 0.3) is 5.69 Å². The third-order valence-corrected chi connectivity index (χ3v) is 8.09. The number of anilines is 1. The first-order valence-corrected chi connectivity index (χ1v) is 8.28. The molecule has 2 bridgehead atoms. The van der Waals surface area contributed by atoms with Crippen LogP contribution in [0, 0.1) is 26.4 Å². The van der Waals surface area contributed by atoms with Gasteiger partial charge in [-0.1, -0.05) is 42.8 Å². The first-order chi connectivity index (χ1) is 10.2. The van der Waals surface area contributed by atoms with Crippen molar-refractivity contribution >= 4 is 33.2 Å². The second-order valence-electron chi connectivity index (χ2n) is 7.14. The SMILES string of the molecule is CC12CCC(C(=O)Nc3cccc([N+](=O)[O-])c3)(C1Br)C2(C)C. The molecule has 3 unspecified atom stereocenters. The van der Waals surface area contributed by atoms with Crippen molar-refractivity contribution in [2.75, 3.05) is 5.32 Å². The van der Waals surface area contributed by atoms with Crippen LogP contribution in [0.2, 0.25) is 0 Å². The van der Waals surface area contributed by atoms with Crippen LogP contribution in [0.1, 0.15) is 33.6 Å². The van der Waals surface area contributed by atoms with Crippen molar-refractivity contribution in [3.05, 3.63) is 34.4 Å². The lowest BCUT2D eigenvalue weighted by Crippen LogP contribution is -2.68. The van der Waals surface area contributed by atoms with Crippen molar-refractivity contribution in [1.82, 2.24) is 0 Å². The van der Waals surface area contributed by atoms with Crippen molar-refractivity contribution in [2.45, 2.75) is 38.4 Å². The zero-order chi connectivity index (χ0) is 16.3. The van der Waals surface area contributed by atoms with Crippen molar-refractivity contribution in [1.29, 1.82) is 0 Å². The number of rotatable bonds is 3. The Kier molecular flexibility index (Phi) is 3.19. The van der Waals surface area contributed by atoms with Crippen LogP contribution in [-0.2, 0) is 4.79 Å². The Morgan fingerprint density at radius 3 is 2.55 bits per heavy atom. The summed E-state index contributed by atoms with van der Waals surface area (Å²) in [6, 6.07) is 6.09. The third-order valence-electron chi connectivity index (χ3n) is 6.29. The quantitative estimate of drug-likeness (QED) is 0.496. The van der Waals surface area contributed by atoms with E-state index in [2.05, 4.69) is 42.0 Å². The van der Waals surface area contributed by atoms with Crippen LogP contribution in [0.15, 0.2) is 24.3 Å². The molecule has 1 amide bonds. The van der Waals surface area contributed by atoms with E-state index < -0.39 is 10.3 Å². The number of carbonyl (C=O) groups excluding carboxylic acids is 1. The molecular formula is C16H19BrN2O3. The Bertz CT molecular complexity index is 675. The van der Waals surface area contributed by atoms with E-state index in [1.165, 1.54) is 12.1 Å². The van der Waals surface area contributed by atoms with E-state index in [1.807, 2.05) is 0 Å². The molecule has 1 aromatic rings. The van der Waals surface area contributed by atoms with E-state index in [9.17, 15) is 14.9 Å². The van der Waals surface area contributed by atoms with Gasteiger partial charge in [0.1, 0.15) is 0 Å². The van der Waals surface area contributed by atoms with Crippen LogP contribution in [0.5, 0.6) is 0 Å². The summed E-state index contributed by atoms with van der Waals surface area (Å²) in [6.45, 7) is 6.51. The molecule has 22 heavy (non-hydrogen) atoms. The van der Waals surface area contributed by atoms with Gasteiger partial charge in [0.05, 0.1) is 10.3 Å². The first-order valence-electron chi connectivity index (χ1n) is 7.37. The van der Waals surface area contributed by atoms with Crippen molar-refractivity contribution in [2.24, 2.45) is 16.2 Å². The van der Waals surface area contributed by atoms with Gasteiger partial charge in [-0.15, -0.1) is 0 Å². The Balaban J connectivity index is 1.87. The Morgan fingerprint density at radius 1 is 1.36 bits per heavy atom. The maximum atomic E-state index is 12.9. The van der Waals surface area contributed by atoms with Gasteiger partial charge in [0.15, 0.2) is 0 Å². The lowest BCUT2D eigenvalue weighted by molar-refractivity contribution is -0.384. The Morgan fingerprint density at radius 2 is 2.05 bits per heavy atom. The third kappa shape index (κ3) is 1.62. The van der Waals surface area contributed by atoms with Gasteiger partial charge < -0.3 is 5.32 Å². The number of fused-ring (bicyclic) bond motifs is 1. The second kappa shape index (κ2) is 4.54. The summed E-state index contributed by atoms with van der Waals surface area (Å²) >= 11 is 3.72. The second-order valence-corrected chi connectivity index (χ2v) is 8.05. The summed E-state index contributed by atoms with van der Waals surface area (Å²) < 4.78 is 0. The fourth-order valence-electron chi connectivity index (χ4n) is 4.40. The number of carbonyl (C=O) groups is 1. The summed E-state index contributed by atoms with van der Waals surface area (Å²) in [5, 5.41) is 13.7. The zero-order valence-electron chi connectivity index (χ0n) is 12.9. The van der Waals surface area contributed by atoms with E-state index in [1.54, 1.807) is 12.1 Å². The topological polar surface area (TPSA) is 72.2 Å². The molecule has 0 aromatic heterocycles. The first kappa shape index (κ1) is 15.5. The molecule has 6 heteroatoms. The number of alkyl halides is 1. The molecule has 3 fully saturated rings. The van der Waals surface area contributed by atoms with Crippen LogP contribution in [-0.4, -0.2) is 15.7 Å². The maximum absolute atomic E-state index is 12.9. The summed E-state index contributed by atoms with van der Waals surface area (Å²) in [5.74, 6) is -0.0464. The highest BCUT2D eigenvalue weighted by atomic mass is 79.9. The molecular weight excluding hydrogens is 348 g/mol. The van der Waals surface area contributed by atoms with E-state index in [0.717, 1.165) is 12.8 Å². The highest BCUT2D eigenvalue weighted by Crippen LogP contribution is 2.79. The zero-order valence-corrected chi connectivity index (χ0v) is 14.4. The Hall–Kier alpha value is -1.43. The van der Waals surface area contributed by atoms with Crippen LogP contribution in [0.25, 0.3) is 0 Å². The van der Waals surface area contributed by atoms with Crippen LogP contribution >= 0.6 is 15.9 Å². The van der Waals surface area contributed by atoms with E-state index in [0.29, 0.717) is 5.69 Å². The number of halogens is 1. The molecule has 118 valence electrons. The van der Waals surface area contributed by atoms with Crippen LogP contribution in [0.3, 0.4) is 0 Å². The number of hydrogen-bond acceptors (Lipinski definition) is 3. The number of nitrogens with zero attached hydrogens (tertiary/aromatic N) is 1. The summed E-state index contributed by atoms with van der Waals surface area (Å²) in [5.41, 5.74) is 0.0256. The molecule has 1 N–H and O–H groups in total. The normalized spacial score (nSPS) is 34.8. The molecule has 0 saturated heterocycles. The molecule has 0 spiro atoms. The molecule has 3 aliphatic carbocycles. The molecule has 3 atom stereocenters. The number of non-ortho nitro benzene ring substituents is 1. The molecule has 0 radical (unpaired) electrons. The highest BCUT2D eigenvalue weighted by molar-refractivity contribution is 9.09. The lowest BCUT2D eigenvalue weighted by Gasteiger charge is -2.64. The summed E-state index contributed by atoms with van der Waals surface area (Å²) in [6.07, 6.45) is 1.85. The largest absolute Gasteiger partial charge is 0.325 e. The molecule has 3 aliphatic rings. The van der Waals surface area contributed by atoms with Crippen molar-refractivity contribution in [3.63, 3.8) is 0 Å². The molecule has 1 aromatic carbocycles. The van der Waals surface area contributed by atoms with E-state index in [4.69, 9.17) is 0 Å². The number of amides is 1. The summed E-state index contributed by atoms with van der Waals surface area (Å²) in [7, 11) is 0. The number of nitro benzene ring substituents is 1. The summed E-state index contributed by atoms with van der Waals surface area (Å²) in [4.78, 5) is 23.4. The van der Waals surface area contributed by atoms with Crippen LogP contribution < -0.4 is 5.32 Å². The highest BCUT2D eigenvalue weighted by Gasteiger charge is 2.80. The maximum Gasteiger partial charge on any atom is 0.271 e. The molecule has 0 aliphatic heterocycles. The van der Waals surface area contributed by atoms with Gasteiger partial charge in [-0.05, 0) is 29.7 Å². The van der Waals surface area contributed by atoms with Gasteiger partial charge >= 0.3 is 0 Å². The number of nitrogens with one attached hydrogen (secondary N) is 1. The van der Waals surface area contributed by atoms with Gasteiger partial charge in [-0.2, -0.15) is 0 Å². The predicted octanol–water partition coefficient (Wildman–Crippen LogP) is 4.12. The molecule has 3 saturated carbocycles. The van der Waals surface area contributed by atoms with Gasteiger partial charge in [0, 0.05) is 22.6 Å². The molecule has 4 rings (SSSR count). The number of benzene rings is 1. The van der Waals surface area contributed by atoms with Gasteiger partial charge in [-0.25, -0.2) is 0 Å². The molecule has 0 heterocycles. The standard InChI is InChI=1S/C16H19BrN2O3/c1-14(2)15(3)7-8-16(14,12(15)17)13(20)18-10-5-4-6-11(9-10)19(21)22/h4-6,9,12H,7-8H2,1-3H3,(H,18,20). The van der Waals surface area contributed by atoms with E-state index >= 15 is 0 Å². The van der Waals surface area contributed by atoms with Gasteiger partial charge in [-0.3, -0.25) is 14.9 Å². The fourth-order valence-corrected chi connectivity index (χ4v) is 6.21. The monoisotopic (exact) mass is 366 g/mol. The average molecular weight is 367 g/mol. The number of hydrogen-bond donors (Lipinski definition) is 1. The number of nitro groups is 1.